The fraction of sp³-hybridized carbons (Fsp3) is 0.478. The topological polar surface area (TPSA) is 101 Å². The molecule has 8 nitrogen and oxygen atoms in total. The monoisotopic (exact) mass is 452 g/mol. The second-order valence-electron chi connectivity index (χ2n) is 8.62. The van der Waals surface area contributed by atoms with Crippen molar-refractivity contribution in [2.24, 2.45) is 0 Å². The summed E-state index contributed by atoms with van der Waals surface area (Å²) < 4.78 is 0. The molecule has 2 aliphatic rings. The van der Waals surface area contributed by atoms with Crippen molar-refractivity contribution in [3.8, 4) is 6.07 Å². The van der Waals surface area contributed by atoms with E-state index in [4.69, 9.17) is 0 Å². The first-order valence-corrected chi connectivity index (χ1v) is 11.7. The molecule has 2 aromatic rings. The lowest BCUT2D eigenvalue weighted by atomic mass is 10.1. The zero-order valence-corrected chi connectivity index (χ0v) is 19.0. The molecule has 4 rings (SSSR count). The van der Waals surface area contributed by atoms with Crippen LogP contribution in [0.2, 0.25) is 0 Å². The van der Waals surface area contributed by atoms with E-state index in [0.29, 0.717) is 24.1 Å². The molecule has 1 aliphatic heterocycles. The lowest BCUT2D eigenvalue weighted by Gasteiger charge is -2.31. The minimum absolute atomic E-state index is 0.273. The third-order valence-electron chi connectivity index (χ3n) is 5.97. The number of likely N-dealkylation sites (N-methyl/N-ethyl adjacent to an activating group) is 1. The second kappa shape index (κ2) is 9.77. The van der Waals surface area contributed by atoms with Crippen LogP contribution in [0.1, 0.15) is 33.0 Å². The summed E-state index contributed by atoms with van der Waals surface area (Å²) in [6.07, 6.45) is 4.95. The molecule has 2 fully saturated rings. The molecule has 32 heavy (non-hydrogen) atoms. The fourth-order valence-corrected chi connectivity index (χ4v) is 4.67. The van der Waals surface area contributed by atoms with E-state index in [-0.39, 0.29) is 11.8 Å². The van der Waals surface area contributed by atoms with Crippen LogP contribution in [0.4, 0.5) is 0 Å². The summed E-state index contributed by atoms with van der Waals surface area (Å²) >= 11 is 1.46. The standard InChI is InChI=1S/C23H28N6O2S/c1-28-9-11-29(12-10-28)15-18-4-5-20(32-18)22(31)26-19(13-17-3-2-8-25-14-17)21(30)27-23(16-24)6-7-23/h2-5,8,14,19H,6-7,9-13,15H2,1H3,(H,26,31)(H,27,30)/t19-/m0/s1. The predicted octanol–water partition coefficient (Wildman–Crippen LogP) is 1.40. The van der Waals surface area contributed by atoms with Gasteiger partial charge in [-0.15, -0.1) is 11.3 Å². The van der Waals surface area contributed by atoms with Gasteiger partial charge in [-0.1, -0.05) is 6.07 Å². The van der Waals surface area contributed by atoms with Crippen molar-refractivity contribution in [3.05, 3.63) is 52.0 Å². The maximum atomic E-state index is 13.0. The highest BCUT2D eigenvalue weighted by Crippen LogP contribution is 2.34. The third-order valence-corrected chi connectivity index (χ3v) is 7.04. The van der Waals surface area contributed by atoms with Crippen LogP contribution in [0.15, 0.2) is 36.7 Å². The lowest BCUT2D eigenvalue weighted by Crippen LogP contribution is -2.51. The first-order chi connectivity index (χ1) is 15.5. The van der Waals surface area contributed by atoms with Crippen LogP contribution in [0.25, 0.3) is 0 Å². The van der Waals surface area contributed by atoms with Gasteiger partial charge in [0.15, 0.2) is 0 Å². The second-order valence-corrected chi connectivity index (χ2v) is 9.79. The molecule has 3 heterocycles. The largest absolute Gasteiger partial charge is 0.339 e. The number of amides is 2. The number of piperazine rings is 1. The molecule has 2 N–H and O–H groups in total. The van der Waals surface area contributed by atoms with E-state index >= 15 is 0 Å². The summed E-state index contributed by atoms with van der Waals surface area (Å²) in [4.78, 5) is 36.4. The Bertz CT molecular complexity index is 989. The van der Waals surface area contributed by atoms with Crippen molar-refractivity contribution in [1.82, 2.24) is 25.4 Å². The quantitative estimate of drug-likeness (QED) is 0.628. The van der Waals surface area contributed by atoms with Crippen LogP contribution in [0.5, 0.6) is 0 Å². The van der Waals surface area contributed by atoms with Gasteiger partial charge in [-0.05, 0) is 43.7 Å². The average Bonchev–Trinajstić information content (AvgIpc) is 3.42. The summed E-state index contributed by atoms with van der Waals surface area (Å²) in [7, 11) is 2.13. The van der Waals surface area contributed by atoms with Gasteiger partial charge in [-0.3, -0.25) is 19.5 Å². The summed E-state index contributed by atoms with van der Waals surface area (Å²) in [5.74, 6) is -0.610. The highest BCUT2D eigenvalue weighted by Gasteiger charge is 2.45. The summed E-state index contributed by atoms with van der Waals surface area (Å²) in [5.41, 5.74) is 0.0600. The number of pyridine rings is 1. The van der Waals surface area contributed by atoms with Crippen LogP contribution in [-0.4, -0.2) is 71.4 Å². The van der Waals surface area contributed by atoms with Gasteiger partial charge in [0.2, 0.25) is 5.91 Å². The zero-order valence-electron chi connectivity index (χ0n) is 18.2. The smallest absolute Gasteiger partial charge is 0.262 e. The maximum absolute atomic E-state index is 13.0. The number of aromatic nitrogens is 1. The highest BCUT2D eigenvalue weighted by molar-refractivity contribution is 7.14. The van der Waals surface area contributed by atoms with E-state index in [9.17, 15) is 14.9 Å². The Kier molecular flexibility index (Phi) is 6.84. The molecule has 1 aliphatic carbocycles. The third kappa shape index (κ3) is 5.71. The number of rotatable bonds is 8. The molecule has 1 saturated heterocycles. The van der Waals surface area contributed by atoms with Crippen molar-refractivity contribution in [1.29, 1.82) is 5.26 Å². The molecular weight excluding hydrogens is 424 g/mol. The van der Waals surface area contributed by atoms with Crippen molar-refractivity contribution in [2.45, 2.75) is 37.4 Å². The van der Waals surface area contributed by atoms with Crippen molar-refractivity contribution in [3.63, 3.8) is 0 Å². The maximum Gasteiger partial charge on any atom is 0.262 e. The van der Waals surface area contributed by atoms with E-state index in [0.717, 1.165) is 43.2 Å². The number of nitrogens with one attached hydrogen (secondary N) is 2. The molecule has 2 amide bonds. The zero-order chi connectivity index (χ0) is 22.6. The molecule has 0 unspecified atom stereocenters. The Hall–Kier alpha value is -2.80. The van der Waals surface area contributed by atoms with Gasteiger partial charge in [-0.25, -0.2) is 0 Å². The van der Waals surface area contributed by atoms with Crippen LogP contribution in [-0.2, 0) is 17.8 Å². The Morgan fingerprint density at radius 3 is 2.69 bits per heavy atom. The Balaban J connectivity index is 1.41. The van der Waals surface area contributed by atoms with Gasteiger partial charge >= 0.3 is 0 Å². The Morgan fingerprint density at radius 1 is 1.25 bits per heavy atom. The van der Waals surface area contributed by atoms with E-state index in [1.807, 2.05) is 18.2 Å². The first-order valence-electron chi connectivity index (χ1n) is 10.9. The Labute approximate surface area is 192 Å². The van der Waals surface area contributed by atoms with Crippen LogP contribution in [0, 0.1) is 11.3 Å². The van der Waals surface area contributed by atoms with Crippen molar-refractivity contribution >= 4 is 23.2 Å². The van der Waals surface area contributed by atoms with Crippen LogP contribution >= 0.6 is 11.3 Å². The lowest BCUT2D eigenvalue weighted by molar-refractivity contribution is -0.123. The highest BCUT2D eigenvalue weighted by atomic mass is 32.1. The molecule has 2 aromatic heterocycles. The van der Waals surface area contributed by atoms with Gasteiger partial charge in [0.25, 0.3) is 5.91 Å². The summed E-state index contributed by atoms with van der Waals surface area (Å²) in [6.45, 7) is 4.96. The average molecular weight is 453 g/mol. The fourth-order valence-electron chi connectivity index (χ4n) is 3.72. The van der Waals surface area contributed by atoms with Crippen LogP contribution < -0.4 is 10.6 Å². The number of thiophene rings is 1. The van der Waals surface area contributed by atoms with Gasteiger partial charge in [0.05, 0.1) is 10.9 Å². The minimum atomic E-state index is -0.784. The number of carbonyl (C=O) groups is 2. The van der Waals surface area contributed by atoms with E-state index in [1.54, 1.807) is 18.5 Å². The molecule has 0 aromatic carbocycles. The molecule has 168 valence electrons. The molecule has 0 radical (unpaired) electrons. The minimum Gasteiger partial charge on any atom is -0.339 e. The number of hydrogen-bond acceptors (Lipinski definition) is 7. The molecule has 1 saturated carbocycles. The number of nitriles is 1. The molecule has 9 heteroatoms. The van der Waals surface area contributed by atoms with E-state index in [2.05, 4.69) is 38.5 Å². The van der Waals surface area contributed by atoms with Gasteiger partial charge in [0, 0.05) is 56.4 Å². The summed E-state index contributed by atoms with van der Waals surface area (Å²) in [6, 6.07) is 8.87. The van der Waals surface area contributed by atoms with Gasteiger partial charge in [-0.2, -0.15) is 5.26 Å². The molecular formula is C23H28N6O2S. The molecule has 1 atom stereocenters. The first kappa shape index (κ1) is 22.4. The Morgan fingerprint density at radius 2 is 2.03 bits per heavy atom. The molecule has 0 bridgehead atoms. The number of hydrogen-bond donors (Lipinski definition) is 2. The van der Waals surface area contributed by atoms with Crippen LogP contribution in [0.3, 0.4) is 0 Å². The summed E-state index contributed by atoms with van der Waals surface area (Å²) in [5, 5.41) is 15.0. The van der Waals surface area contributed by atoms with Gasteiger partial charge in [0.1, 0.15) is 11.6 Å². The van der Waals surface area contributed by atoms with Crippen molar-refractivity contribution < 1.29 is 9.59 Å². The normalized spacial score (nSPS) is 19.0. The predicted molar refractivity (Wildman–Crippen MR) is 122 cm³/mol. The number of carbonyl (C=O) groups excluding carboxylic acids is 2. The molecule has 0 spiro atoms. The van der Waals surface area contributed by atoms with Crippen molar-refractivity contribution in [2.75, 3.05) is 33.2 Å². The van der Waals surface area contributed by atoms with E-state index in [1.165, 1.54) is 11.3 Å². The number of nitrogens with zero attached hydrogens (tertiary/aromatic N) is 4. The van der Waals surface area contributed by atoms with Gasteiger partial charge < -0.3 is 15.5 Å². The van der Waals surface area contributed by atoms with E-state index < -0.39 is 11.6 Å². The SMILES string of the molecule is CN1CCN(Cc2ccc(C(=O)N[C@@H](Cc3cccnc3)C(=O)NC3(C#N)CC3)s2)CC1.